The molecule has 0 aromatic carbocycles. The van der Waals surface area contributed by atoms with Crippen LogP contribution in [0.25, 0.3) is 0 Å². The molecule has 0 spiro atoms. The van der Waals surface area contributed by atoms with Crippen molar-refractivity contribution in [1.29, 1.82) is 0 Å². The second-order valence-electron chi connectivity index (χ2n) is 3.70. The molecule has 2 N–H and O–H groups in total. The van der Waals surface area contributed by atoms with Crippen LogP contribution in [0.4, 0.5) is 5.13 Å². The Labute approximate surface area is 87.5 Å². The van der Waals surface area contributed by atoms with Gasteiger partial charge in [-0.25, -0.2) is 0 Å². The molecule has 1 aliphatic carbocycles. The summed E-state index contributed by atoms with van der Waals surface area (Å²) in [5.41, 5.74) is 5.46. The fourth-order valence-corrected chi connectivity index (χ4v) is 2.36. The smallest absolute Gasteiger partial charge is 0.203 e. The predicted octanol–water partition coefficient (Wildman–Crippen LogP) is 1.83. The van der Waals surface area contributed by atoms with Crippen molar-refractivity contribution in [3.63, 3.8) is 0 Å². The average molecular weight is 213 g/mol. The lowest BCUT2D eigenvalue weighted by Crippen LogP contribution is -2.05. The lowest BCUT2D eigenvalue weighted by atomic mass is 10.1. The van der Waals surface area contributed by atoms with E-state index in [2.05, 4.69) is 10.2 Å². The van der Waals surface area contributed by atoms with Gasteiger partial charge >= 0.3 is 0 Å². The molecule has 1 heterocycles. The van der Waals surface area contributed by atoms with Crippen LogP contribution in [-0.4, -0.2) is 16.8 Å². The largest absolute Gasteiger partial charge is 0.374 e. The lowest BCUT2D eigenvalue weighted by molar-refractivity contribution is 0.0884. The first kappa shape index (κ1) is 9.86. The number of nitrogen functional groups attached to an aromatic ring is 1. The molecule has 1 fully saturated rings. The Bertz CT molecular complexity index is 283. The van der Waals surface area contributed by atoms with E-state index in [-0.39, 0.29) is 0 Å². The van der Waals surface area contributed by atoms with Crippen molar-refractivity contribution in [2.45, 2.75) is 32.3 Å². The van der Waals surface area contributed by atoms with E-state index < -0.39 is 0 Å². The normalized spacial score (nSPS) is 17.7. The van der Waals surface area contributed by atoms with Crippen LogP contribution in [0.1, 0.15) is 30.7 Å². The van der Waals surface area contributed by atoms with Crippen molar-refractivity contribution in [1.82, 2.24) is 10.2 Å². The molecule has 0 amide bonds. The van der Waals surface area contributed by atoms with E-state index in [9.17, 15) is 0 Å². The maximum absolute atomic E-state index is 5.57. The summed E-state index contributed by atoms with van der Waals surface area (Å²) in [6.45, 7) is 1.42. The van der Waals surface area contributed by atoms with Crippen LogP contribution in [0.15, 0.2) is 0 Å². The van der Waals surface area contributed by atoms with Crippen molar-refractivity contribution >= 4 is 16.5 Å². The number of hydrogen-bond donors (Lipinski definition) is 1. The highest BCUT2D eigenvalue weighted by Crippen LogP contribution is 2.25. The van der Waals surface area contributed by atoms with E-state index in [4.69, 9.17) is 10.5 Å². The minimum atomic E-state index is 0.518. The van der Waals surface area contributed by atoms with Crippen molar-refractivity contribution in [3.8, 4) is 0 Å². The Hall–Kier alpha value is -0.680. The summed E-state index contributed by atoms with van der Waals surface area (Å²) < 4.78 is 5.57. The van der Waals surface area contributed by atoms with E-state index in [1.54, 1.807) is 0 Å². The fraction of sp³-hybridized carbons (Fsp3) is 0.778. The third kappa shape index (κ3) is 2.65. The summed E-state index contributed by atoms with van der Waals surface area (Å²) in [4.78, 5) is 0. The Balaban J connectivity index is 1.67. The second kappa shape index (κ2) is 4.70. The number of hydrogen-bond acceptors (Lipinski definition) is 5. The van der Waals surface area contributed by atoms with Gasteiger partial charge in [0.2, 0.25) is 5.13 Å². The van der Waals surface area contributed by atoms with Crippen LogP contribution in [0.5, 0.6) is 0 Å². The molecule has 0 saturated heterocycles. The number of nitrogens with two attached hydrogens (primary N) is 1. The molecular formula is C9H15N3OS. The molecule has 0 aliphatic heterocycles. The molecule has 0 radical (unpaired) electrons. The zero-order chi connectivity index (χ0) is 9.80. The van der Waals surface area contributed by atoms with Gasteiger partial charge in [-0.1, -0.05) is 24.2 Å². The standard InChI is InChI=1S/C9H15N3OS/c10-9-12-11-8(14-9)6-13-5-7-3-1-2-4-7/h7H,1-6H2,(H2,10,12). The van der Waals surface area contributed by atoms with Crippen molar-refractivity contribution < 1.29 is 4.74 Å². The van der Waals surface area contributed by atoms with Crippen molar-refractivity contribution in [2.24, 2.45) is 5.92 Å². The quantitative estimate of drug-likeness (QED) is 0.828. The Kier molecular flexibility index (Phi) is 3.31. The lowest BCUT2D eigenvalue weighted by Gasteiger charge is -2.07. The predicted molar refractivity (Wildman–Crippen MR) is 55.9 cm³/mol. The summed E-state index contributed by atoms with van der Waals surface area (Å²) in [5, 5.41) is 9.03. The van der Waals surface area contributed by atoms with E-state index >= 15 is 0 Å². The van der Waals surface area contributed by atoms with Gasteiger partial charge in [0.25, 0.3) is 0 Å². The third-order valence-corrected chi connectivity index (χ3v) is 3.26. The molecular weight excluding hydrogens is 198 g/mol. The summed E-state index contributed by atoms with van der Waals surface area (Å²) in [5.74, 6) is 0.764. The zero-order valence-corrected chi connectivity index (χ0v) is 8.92. The number of rotatable bonds is 4. The summed E-state index contributed by atoms with van der Waals surface area (Å²) >= 11 is 1.40. The van der Waals surface area contributed by atoms with Gasteiger partial charge in [-0.15, -0.1) is 10.2 Å². The monoisotopic (exact) mass is 213 g/mol. The van der Waals surface area contributed by atoms with E-state index in [1.807, 2.05) is 0 Å². The molecule has 14 heavy (non-hydrogen) atoms. The first-order valence-electron chi connectivity index (χ1n) is 5.00. The molecule has 78 valence electrons. The van der Waals surface area contributed by atoms with Gasteiger partial charge in [0.05, 0.1) is 0 Å². The van der Waals surface area contributed by atoms with Crippen LogP contribution in [0.3, 0.4) is 0 Å². The molecule has 0 atom stereocenters. The van der Waals surface area contributed by atoms with Crippen LogP contribution < -0.4 is 5.73 Å². The minimum Gasteiger partial charge on any atom is -0.374 e. The third-order valence-electron chi connectivity index (χ3n) is 2.54. The average Bonchev–Trinajstić information content (AvgIpc) is 2.77. The van der Waals surface area contributed by atoms with Gasteiger partial charge in [-0.05, 0) is 18.8 Å². The summed E-state index contributed by atoms with van der Waals surface area (Å²) in [7, 11) is 0. The van der Waals surface area contributed by atoms with Gasteiger partial charge in [0, 0.05) is 6.61 Å². The number of nitrogens with zero attached hydrogens (tertiary/aromatic N) is 2. The van der Waals surface area contributed by atoms with Crippen LogP contribution in [-0.2, 0) is 11.3 Å². The highest BCUT2D eigenvalue weighted by atomic mass is 32.1. The summed E-state index contributed by atoms with van der Waals surface area (Å²) in [6.07, 6.45) is 5.36. The molecule has 2 rings (SSSR count). The van der Waals surface area contributed by atoms with Crippen molar-refractivity contribution in [3.05, 3.63) is 5.01 Å². The topological polar surface area (TPSA) is 61.0 Å². The number of aromatic nitrogens is 2. The molecule has 1 saturated carbocycles. The zero-order valence-electron chi connectivity index (χ0n) is 8.11. The van der Waals surface area contributed by atoms with Crippen LogP contribution in [0, 0.1) is 5.92 Å². The van der Waals surface area contributed by atoms with Gasteiger partial charge < -0.3 is 10.5 Å². The maximum atomic E-state index is 5.57. The van der Waals surface area contributed by atoms with Gasteiger partial charge in [-0.2, -0.15) is 0 Å². The fourth-order valence-electron chi connectivity index (χ4n) is 1.81. The van der Waals surface area contributed by atoms with Gasteiger partial charge in [0.1, 0.15) is 11.6 Å². The minimum absolute atomic E-state index is 0.518. The molecule has 4 nitrogen and oxygen atoms in total. The number of ether oxygens (including phenoxy) is 1. The molecule has 0 unspecified atom stereocenters. The Morgan fingerprint density at radius 2 is 2.14 bits per heavy atom. The highest BCUT2D eigenvalue weighted by molar-refractivity contribution is 7.15. The van der Waals surface area contributed by atoms with Gasteiger partial charge in [-0.3, -0.25) is 0 Å². The highest BCUT2D eigenvalue weighted by Gasteiger charge is 2.15. The maximum Gasteiger partial charge on any atom is 0.203 e. The van der Waals surface area contributed by atoms with E-state index in [0.29, 0.717) is 11.7 Å². The van der Waals surface area contributed by atoms with Gasteiger partial charge in [0.15, 0.2) is 0 Å². The van der Waals surface area contributed by atoms with Crippen LogP contribution in [0.2, 0.25) is 0 Å². The molecule has 1 aromatic heterocycles. The van der Waals surface area contributed by atoms with E-state index in [1.165, 1.54) is 37.0 Å². The molecule has 1 aromatic rings. The van der Waals surface area contributed by atoms with E-state index in [0.717, 1.165) is 17.5 Å². The molecule has 5 heteroatoms. The molecule has 0 bridgehead atoms. The number of anilines is 1. The second-order valence-corrected chi connectivity index (χ2v) is 4.79. The molecule has 1 aliphatic rings. The van der Waals surface area contributed by atoms with Crippen molar-refractivity contribution in [2.75, 3.05) is 12.3 Å². The summed E-state index contributed by atoms with van der Waals surface area (Å²) in [6, 6.07) is 0. The first-order valence-corrected chi connectivity index (χ1v) is 5.82. The van der Waals surface area contributed by atoms with Crippen LogP contribution >= 0.6 is 11.3 Å². The Morgan fingerprint density at radius 1 is 1.36 bits per heavy atom. The SMILES string of the molecule is Nc1nnc(COCC2CCCC2)s1. The Morgan fingerprint density at radius 3 is 2.79 bits per heavy atom. The first-order chi connectivity index (χ1) is 6.84.